The predicted molar refractivity (Wildman–Crippen MR) is 151 cm³/mol. The number of nitrogens with zero attached hydrogens (tertiary/aromatic N) is 1. The van der Waals surface area contributed by atoms with Crippen LogP contribution in [0.2, 0.25) is 0 Å². The van der Waals surface area contributed by atoms with E-state index < -0.39 is 55.4 Å². The van der Waals surface area contributed by atoms with Crippen LogP contribution in [-0.4, -0.2) is 93.6 Å². The zero-order valence-corrected chi connectivity index (χ0v) is 23.2. The molecule has 0 aliphatic carbocycles. The molecule has 7 atom stereocenters. The molecule has 4 heterocycles. The number of carboxylic acids is 1. The van der Waals surface area contributed by atoms with Gasteiger partial charge in [-0.25, -0.2) is 9.59 Å². The number of ether oxygens (including phenoxy) is 3. The fourth-order valence-electron chi connectivity index (χ4n) is 5.06. The number of aliphatic hydroxyl groups excluding tert-OH is 3. The van der Waals surface area contributed by atoms with Crippen LogP contribution in [0, 0.1) is 0 Å². The predicted octanol–water partition coefficient (Wildman–Crippen LogP) is -0.969. The summed E-state index contributed by atoms with van der Waals surface area (Å²) >= 11 is 0. The fourth-order valence-corrected chi connectivity index (χ4v) is 5.06. The Morgan fingerprint density at radius 1 is 1.11 bits per heavy atom. The van der Waals surface area contributed by atoms with Crippen molar-refractivity contribution >= 4 is 29.1 Å². The molecule has 0 amide bonds. The molecule has 1 aromatic heterocycles. The van der Waals surface area contributed by atoms with Crippen molar-refractivity contribution in [3.63, 3.8) is 0 Å². The molecule has 234 valence electrons. The Hall–Kier alpha value is -4.90. The molecule has 3 aromatic rings. The number of aliphatic hydroxyl groups is 3. The maximum atomic E-state index is 13.2. The van der Waals surface area contributed by atoms with Crippen molar-refractivity contribution in [1.82, 2.24) is 0 Å². The average Bonchev–Trinajstić information content (AvgIpc) is 3.62. The van der Waals surface area contributed by atoms with E-state index in [1.54, 1.807) is 24.5 Å². The molecule has 2 aromatic carbocycles. The molecule has 6 N–H and O–H groups in total. The number of rotatable bonds is 9. The van der Waals surface area contributed by atoms with Gasteiger partial charge in [0.15, 0.2) is 11.6 Å². The van der Waals surface area contributed by atoms with Gasteiger partial charge in [-0.15, -0.1) is 0 Å². The van der Waals surface area contributed by atoms with Crippen LogP contribution in [0.3, 0.4) is 0 Å². The van der Waals surface area contributed by atoms with E-state index in [1.807, 2.05) is 6.08 Å². The maximum absolute atomic E-state index is 13.2. The number of carboxylic acid groups (broad SMARTS) is 1. The number of allylic oxidation sites excluding steroid dienone is 1. The van der Waals surface area contributed by atoms with Crippen molar-refractivity contribution in [1.29, 1.82) is 0 Å². The van der Waals surface area contributed by atoms with Gasteiger partial charge in [0.2, 0.25) is 18.5 Å². The Balaban J connectivity index is 1.25. The average molecular weight is 624 g/mol. The molecule has 1 fully saturated rings. The first-order valence-electron chi connectivity index (χ1n) is 13.7. The van der Waals surface area contributed by atoms with E-state index in [9.17, 15) is 34.8 Å². The zero-order valence-electron chi connectivity index (χ0n) is 23.2. The van der Waals surface area contributed by atoms with Crippen molar-refractivity contribution in [3.05, 3.63) is 82.5 Å². The highest BCUT2D eigenvalue weighted by Gasteiger charge is 2.50. The van der Waals surface area contributed by atoms with Crippen LogP contribution in [-0.2, 0) is 23.9 Å². The summed E-state index contributed by atoms with van der Waals surface area (Å²) in [4.78, 5) is 46.2. The lowest BCUT2D eigenvalue weighted by molar-refractivity contribution is -1.05. The van der Waals surface area contributed by atoms with Crippen LogP contribution >= 0.6 is 0 Å². The number of phenolic OH excluding ortho intramolecular Hbond substituents is 1. The topological polar surface area (TPSA) is 219 Å². The maximum Gasteiger partial charge on any atom is 0.346 e. The Labute approximate surface area is 253 Å². The van der Waals surface area contributed by atoms with Crippen LogP contribution in [0.15, 0.2) is 86.5 Å². The monoisotopic (exact) mass is 623 g/mol. The number of benzene rings is 2. The van der Waals surface area contributed by atoms with Gasteiger partial charge in [-0.1, -0.05) is 12.1 Å². The molecule has 45 heavy (non-hydrogen) atoms. The summed E-state index contributed by atoms with van der Waals surface area (Å²) < 4.78 is 22.4. The minimum atomic E-state index is -2.45. The molecule has 15 heteroatoms. The molecule has 15 nitrogen and oxygen atoms in total. The number of carbonyl (C=O) groups is 2. The summed E-state index contributed by atoms with van der Waals surface area (Å²) in [6, 6.07) is 10.4. The van der Waals surface area contributed by atoms with Gasteiger partial charge in [0.1, 0.15) is 60.5 Å². The first kappa shape index (κ1) is 30.1. The summed E-state index contributed by atoms with van der Waals surface area (Å²) in [5.74, 6) is -3.15. The molecule has 0 radical (unpaired) electrons. The molecule has 0 spiro atoms. The second kappa shape index (κ2) is 12.2. The highest BCUT2D eigenvalue weighted by Crippen LogP contribution is 2.29. The number of hydrogen-bond acceptors (Lipinski definition) is 13. The van der Waals surface area contributed by atoms with Crippen LogP contribution in [0.5, 0.6) is 11.5 Å². The van der Waals surface area contributed by atoms with Crippen LogP contribution in [0.25, 0.3) is 22.1 Å². The first-order chi connectivity index (χ1) is 21.6. The Morgan fingerprint density at radius 2 is 1.89 bits per heavy atom. The highest BCUT2D eigenvalue weighted by molar-refractivity contribution is 5.96. The van der Waals surface area contributed by atoms with Crippen LogP contribution < -0.4 is 15.2 Å². The quantitative estimate of drug-likeness (QED) is 0.125. The van der Waals surface area contributed by atoms with E-state index >= 15 is 0 Å². The summed E-state index contributed by atoms with van der Waals surface area (Å²) in [5, 5.41) is 50.3. The molecule has 3 aliphatic rings. The number of carbonyl (C=O) groups excluding carboxylic acids is 1. The third-order valence-corrected chi connectivity index (χ3v) is 7.44. The third-order valence-electron chi connectivity index (χ3n) is 7.44. The lowest BCUT2D eigenvalue weighted by Crippen LogP contribution is -3.07. The second-order valence-corrected chi connectivity index (χ2v) is 10.4. The molecule has 1 saturated heterocycles. The standard InChI is InChI=1S/C30H26N2O13/c33-16-3-1-14(2-4-16)19-12-41-21-9-17(5-6-18(21)23(19)34)43-30-27(45-32-10-15-7-8-31-20(15)11-32)25(36)24(35)22(44-30)13-42-29(40)26(37)28(38)39/h1-9,11-12,22,24-27,30,33,35-37H,10,13H2,(H,38,39)/p+1/t22-,24-,25+,26-,27-,30-/m0/s1. The minimum absolute atomic E-state index is 0.0465. The molecule has 1 unspecified atom stereocenters. The van der Waals surface area contributed by atoms with Gasteiger partial charge in [0.25, 0.3) is 0 Å². The Kier molecular flexibility index (Phi) is 8.20. The van der Waals surface area contributed by atoms with Gasteiger partial charge in [0, 0.05) is 17.9 Å². The number of fused-ring (bicyclic) bond motifs is 2. The van der Waals surface area contributed by atoms with E-state index in [2.05, 4.69) is 4.99 Å². The van der Waals surface area contributed by atoms with E-state index in [-0.39, 0.29) is 33.5 Å². The summed E-state index contributed by atoms with van der Waals surface area (Å²) in [6.07, 6.45) is -3.54. The van der Waals surface area contributed by atoms with Gasteiger partial charge < -0.3 is 44.2 Å². The third kappa shape index (κ3) is 6.08. The van der Waals surface area contributed by atoms with E-state index in [0.29, 0.717) is 22.9 Å². The number of aromatic hydroxyl groups is 1. The number of quaternary nitrogens is 1. The molecule has 0 bridgehead atoms. The van der Waals surface area contributed by atoms with E-state index in [4.69, 9.17) is 28.6 Å². The number of hydrogen-bond donors (Lipinski definition) is 6. The second-order valence-electron chi connectivity index (χ2n) is 10.4. The fraction of sp³-hybridized carbons (Fsp3) is 0.267. The highest BCUT2D eigenvalue weighted by atomic mass is 16.8. The van der Waals surface area contributed by atoms with Crippen molar-refractivity contribution < 1.29 is 63.7 Å². The summed E-state index contributed by atoms with van der Waals surface area (Å²) in [5.41, 5.74) is 2.23. The van der Waals surface area contributed by atoms with Gasteiger partial charge in [-0.3, -0.25) is 9.79 Å². The van der Waals surface area contributed by atoms with Crippen molar-refractivity contribution in [2.24, 2.45) is 4.99 Å². The molecule has 0 saturated carbocycles. The zero-order chi connectivity index (χ0) is 31.8. The molecular weight excluding hydrogens is 596 g/mol. The van der Waals surface area contributed by atoms with Crippen molar-refractivity contribution in [3.8, 4) is 22.6 Å². The Morgan fingerprint density at radius 3 is 2.62 bits per heavy atom. The molecule has 6 rings (SSSR count). The number of phenols is 1. The molecular formula is C30H27N2O13+. The lowest BCUT2D eigenvalue weighted by atomic mass is 9.99. The van der Waals surface area contributed by atoms with Crippen LogP contribution in [0.4, 0.5) is 0 Å². The normalized spacial score (nSPS) is 26.2. The summed E-state index contributed by atoms with van der Waals surface area (Å²) in [6.45, 7) is -0.372. The lowest BCUT2D eigenvalue weighted by Gasteiger charge is -2.41. The minimum Gasteiger partial charge on any atom is -0.508 e. The smallest absolute Gasteiger partial charge is 0.346 e. The largest absolute Gasteiger partial charge is 0.508 e. The van der Waals surface area contributed by atoms with Gasteiger partial charge in [0.05, 0.1) is 10.9 Å². The van der Waals surface area contributed by atoms with Crippen LogP contribution in [0.1, 0.15) is 0 Å². The van der Waals surface area contributed by atoms with Gasteiger partial charge in [-0.05, 0) is 35.9 Å². The first-order valence-corrected chi connectivity index (χ1v) is 13.7. The molecule has 3 aliphatic heterocycles. The summed E-state index contributed by atoms with van der Waals surface area (Å²) in [7, 11) is 0. The number of nitrogens with one attached hydrogen (secondary N) is 1. The van der Waals surface area contributed by atoms with Gasteiger partial charge in [-0.2, -0.15) is 9.90 Å². The van der Waals surface area contributed by atoms with E-state index in [0.717, 1.165) is 5.57 Å². The SMILES string of the molecule is O=C(O)[C@H](O)C(=O)OC[C@@H]1O[C@H](Oc2ccc3c(=O)c(-c4ccc(O)cc4)coc3c2)[C@@H](O[NH+]2C=C3N=CC=C3C2)[C@H](O)[C@H]1O. The van der Waals surface area contributed by atoms with Gasteiger partial charge >= 0.3 is 11.9 Å². The van der Waals surface area contributed by atoms with E-state index in [1.165, 1.54) is 36.6 Å². The van der Waals surface area contributed by atoms with Crippen molar-refractivity contribution in [2.45, 2.75) is 36.8 Å². The number of aliphatic carboxylic acids is 1. The Bertz CT molecular complexity index is 1780. The number of aliphatic imine (C=N–C) groups is 1. The number of hydroxylamine groups is 2. The number of esters is 1. The van der Waals surface area contributed by atoms with Crippen molar-refractivity contribution in [2.75, 3.05) is 13.2 Å².